The molecule has 0 radical (unpaired) electrons. The van der Waals surface area contributed by atoms with Crippen molar-refractivity contribution in [2.24, 2.45) is 0 Å². The van der Waals surface area contributed by atoms with E-state index in [1.807, 2.05) is 0 Å². The maximum atomic E-state index is 13.4. The Morgan fingerprint density at radius 2 is 1.80 bits per heavy atom. The number of anilines is 1. The van der Waals surface area contributed by atoms with Gasteiger partial charge in [0.05, 0.1) is 16.0 Å². The second-order valence-electron chi connectivity index (χ2n) is 9.65. The summed E-state index contributed by atoms with van der Waals surface area (Å²) in [7, 11) is 3.21. The van der Waals surface area contributed by atoms with E-state index in [4.69, 9.17) is 0 Å². The smallest absolute Gasteiger partial charge is 0.378 e. The molecule has 0 unspecified atom stereocenters. The molecule has 1 amide bonds. The molecule has 0 spiro atoms. The molecule has 0 saturated heterocycles. The van der Waals surface area contributed by atoms with Crippen LogP contribution in [0.5, 0.6) is 0 Å². The van der Waals surface area contributed by atoms with Gasteiger partial charge >= 0.3 is 6.18 Å². The molecule has 0 fully saturated rings. The third-order valence-electron chi connectivity index (χ3n) is 6.42. The molecule has 2 heterocycles. The highest BCUT2D eigenvalue weighted by Gasteiger charge is 2.33. The Morgan fingerprint density at radius 3 is 2.42 bits per heavy atom. The first-order valence-electron chi connectivity index (χ1n) is 12.2. The van der Waals surface area contributed by atoms with Crippen molar-refractivity contribution < 1.29 is 22.9 Å². The number of aromatic nitrogens is 2. The van der Waals surface area contributed by atoms with Gasteiger partial charge in [-0.05, 0) is 60.9 Å². The maximum absolute atomic E-state index is 13.4. The molecule has 4 aromatic rings. The van der Waals surface area contributed by atoms with Crippen LogP contribution in [0.1, 0.15) is 29.8 Å². The molecule has 0 saturated carbocycles. The lowest BCUT2D eigenvalue weighted by molar-refractivity contribution is -0.385. The number of carbonyl (C=O) groups is 1. The Hall–Kier alpha value is -4.74. The van der Waals surface area contributed by atoms with Gasteiger partial charge in [-0.3, -0.25) is 24.7 Å². The van der Waals surface area contributed by atoms with Crippen molar-refractivity contribution in [3.05, 3.63) is 98.1 Å². The Labute approximate surface area is 227 Å². The van der Waals surface area contributed by atoms with Gasteiger partial charge in [-0.25, -0.2) is 0 Å². The van der Waals surface area contributed by atoms with E-state index in [9.17, 15) is 32.9 Å². The van der Waals surface area contributed by atoms with Crippen molar-refractivity contribution in [1.82, 2.24) is 14.5 Å². The minimum absolute atomic E-state index is 0.0906. The molecule has 0 aliphatic heterocycles. The molecule has 0 aliphatic carbocycles. The van der Waals surface area contributed by atoms with Crippen LogP contribution in [0.15, 0.2) is 65.6 Å². The van der Waals surface area contributed by atoms with E-state index >= 15 is 0 Å². The summed E-state index contributed by atoms with van der Waals surface area (Å²) < 4.78 is 41.6. The SMILES string of the molecule is Cc1cc(N[C@H](C)c2cc([N+](=O)[O-])cc(C(F)(F)F)c2)c2cc(-c3ccn(CC(=O)N(C)C)c(=O)c3)ccc2n1. The van der Waals surface area contributed by atoms with Crippen LogP contribution in [0.3, 0.4) is 0 Å². The first kappa shape index (κ1) is 28.3. The average molecular weight is 554 g/mol. The van der Waals surface area contributed by atoms with Crippen molar-refractivity contribution in [2.45, 2.75) is 32.6 Å². The van der Waals surface area contributed by atoms with Crippen LogP contribution in [0.4, 0.5) is 24.5 Å². The number of pyridine rings is 2. The summed E-state index contributed by atoms with van der Waals surface area (Å²) in [4.78, 5) is 41.0. The third-order valence-corrected chi connectivity index (χ3v) is 6.42. The lowest BCUT2D eigenvalue weighted by atomic mass is 10.0. The highest BCUT2D eigenvalue weighted by molar-refractivity contribution is 5.94. The van der Waals surface area contributed by atoms with Gasteiger partial charge in [0.25, 0.3) is 11.2 Å². The summed E-state index contributed by atoms with van der Waals surface area (Å²) in [6, 6.07) is 12.0. The van der Waals surface area contributed by atoms with Crippen molar-refractivity contribution in [3.63, 3.8) is 0 Å². The van der Waals surface area contributed by atoms with Gasteiger partial charge in [-0.15, -0.1) is 0 Å². The van der Waals surface area contributed by atoms with Crippen LogP contribution in [0, 0.1) is 17.0 Å². The third kappa shape index (κ3) is 6.11. The number of aryl methyl sites for hydroxylation is 1. The Bertz CT molecular complexity index is 1680. The van der Waals surface area contributed by atoms with Gasteiger partial charge in [0.2, 0.25) is 5.91 Å². The molecule has 4 rings (SSSR count). The van der Waals surface area contributed by atoms with E-state index in [-0.39, 0.29) is 23.6 Å². The number of hydrogen-bond donors (Lipinski definition) is 1. The molecule has 208 valence electrons. The predicted molar refractivity (Wildman–Crippen MR) is 145 cm³/mol. The van der Waals surface area contributed by atoms with Crippen LogP contribution >= 0.6 is 0 Å². The molecule has 1 N–H and O–H groups in total. The number of alkyl halides is 3. The summed E-state index contributed by atoms with van der Waals surface area (Å²) in [6.07, 6.45) is -3.21. The Balaban J connectivity index is 1.72. The number of nitrogens with one attached hydrogen (secondary N) is 1. The molecule has 9 nitrogen and oxygen atoms in total. The number of carbonyl (C=O) groups excluding carboxylic acids is 1. The minimum Gasteiger partial charge on any atom is -0.378 e. The number of nitro benzene ring substituents is 1. The highest BCUT2D eigenvalue weighted by atomic mass is 19.4. The monoisotopic (exact) mass is 553 g/mol. The molecule has 0 aliphatic rings. The van der Waals surface area contributed by atoms with Crippen molar-refractivity contribution in [1.29, 1.82) is 0 Å². The zero-order valence-electron chi connectivity index (χ0n) is 22.1. The summed E-state index contributed by atoms with van der Waals surface area (Å²) in [5.74, 6) is -0.224. The Kier molecular flexibility index (Phi) is 7.63. The number of fused-ring (bicyclic) bond motifs is 1. The normalized spacial score (nSPS) is 12.3. The molecule has 0 bridgehead atoms. The maximum Gasteiger partial charge on any atom is 0.416 e. The van der Waals surface area contributed by atoms with E-state index in [1.165, 1.54) is 15.5 Å². The average Bonchev–Trinajstić information content (AvgIpc) is 2.88. The summed E-state index contributed by atoms with van der Waals surface area (Å²) in [6.45, 7) is 3.29. The summed E-state index contributed by atoms with van der Waals surface area (Å²) in [5, 5.41) is 15.1. The zero-order valence-corrected chi connectivity index (χ0v) is 22.1. The van der Waals surface area contributed by atoms with Gasteiger partial charge in [0, 0.05) is 61.3 Å². The standard InChI is InChI=1S/C28H26F3N5O4/c1-16-9-25(33-17(2)20-10-21(28(29,30)31)14-22(11-20)36(39)40)23-12-18(5-6-24(23)32-16)19-7-8-35(26(37)13-19)15-27(38)34(3)4/h5-14,17H,15H2,1-4H3,(H,32,33)/t17-/m1/s1. The van der Waals surface area contributed by atoms with Gasteiger partial charge in [-0.2, -0.15) is 13.2 Å². The number of benzene rings is 2. The van der Waals surface area contributed by atoms with E-state index in [1.54, 1.807) is 64.5 Å². The van der Waals surface area contributed by atoms with Gasteiger partial charge in [0.15, 0.2) is 0 Å². The molecule has 12 heteroatoms. The highest BCUT2D eigenvalue weighted by Crippen LogP contribution is 2.36. The second kappa shape index (κ2) is 10.8. The molecular formula is C28H26F3N5O4. The quantitative estimate of drug-likeness (QED) is 0.237. The number of halogens is 3. The number of hydrogen-bond acceptors (Lipinski definition) is 6. The van der Waals surface area contributed by atoms with Crippen LogP contribution in [-0.2, 0) is 17.5 Å². The van der Waals surface area contributed by atoms with Crippen LogP contribution in [0.2, 0.25) is 0 Å². The van der Waals surface area contributed by atoms with Crippen LogP contribution in [0.25, 0.3) is 22.0 Å². The van der Waals surface area contributed by atoms with E-state index in [0.29, 0.717) is 39.5 Å². The lowest BCUT2D eigenvalue weighted by Gasteiger charge is -2.19. The van der Waals surface area contributed by atoms with Crippen molar-refractivity contribution in [2.75, 3.05) is 19.4 Å². The first-order valence-corrected chi connectivity index (χ1v) is 12.2. The van der Waals surface area contributed by atoms with Gasteiger partial charge in [-0.1, -0.05) is 6.07 Å². The predicted octanol–water partition coefficient (Wildman–Crippen LogP) is 5.56. The largest absolute Gasteiger partial charge is 0.416 e. The van der Waals surface area contributed by atoms with Crippen molar-refractivity contribution >= 4 is 28.2 Å². The molecule has 2 aromatic carbocycles. The topological polar surface area (TPSA) is 110 Å². The summed E-state index contributed by atoms with van der Waals surface area (Å²) >= 11 is 0. The van der Waals surface area contributed by atoms with Gasteiger partial charge in [0.1, 0.15) is 6.54 Å². The van der Waals surface area contributed by atoms with E-state index < -0.39 is 28.4 Å². The lowest BCUT2D eigenvalue weighted by Crippen LogP contribution is -2.31. The molecular weight excluding hydrogens is 527 g/mol. The fraction of sp³-hybridized carbons (Fsp3) is 0.250. The molecule has 1 atom stereocenters. The fourth-order valence-electron chi connectivity index (χ4n) is 4.23. The Morgan fingerprint density at radius 1 is 1.10 bits per heavy atom. The number of non-ortho nitro benzene ring substituents is 1. The number of nitrogens with zero attached hydrogens (tertiary/aromatic N) is 4. The first-order chi connectivity index (χ1) is 18.7. The second-order valence-corrected chi connectivity index (χ2v) is 9.65. The molecule has 2 aromatic heterocycles. The van der Waals surface area contributed by atoms with Crippen LogP contribution in [-0.4, -0.2) is 39.4 Å². The minimum atomic E-state index is -4.75. The molecule has 40 heavy (non-hydrogen) atoms. The number of likely N-dealkylation sites (N-methyl/N-ethyl adjacent to an activating group) is 1. The van der Waals surface area contributed by atoms with Crippen molar-refractivity contribution in [3.8, 4) is 11.1 Å². The summed E-state index contributed by atoms with van der Waals surface area (Å²) in [5.41, 5.74) is 1.09. The number of amides is 1. The van der Waals surface area contributed by atoms with Crippen LogP contribution < -0.4 is 10.9 Å². The van der Waals surface area contributed by atoms with Gasteiger partial charge < -0.3 is 14.8 Å². The number of rotatable bonds is 7. The number of nitro groups is 1. The fourth-order valence-corrected chi connectivity index (χ4v) is 4.23. The zero-order chi connectivity index (χ0) is 29.4. The van der Waals surface area contributed by atoms with E-state index in [2.05, 4.69) is 10.3 Å². The van der Waals surface area contributed by atoms with E-state index in [0.717, 1.165) is 12.1 Å².